The van der Waals surface area contributed by atoms with Gasteiger partial charge < -0.3 is 5.32 Å². The molecule has 0 aromatic carbocycles. The molecule has 1 nitrogen and oxygen atoms in total. The predicted octanol–water partition coefficient (Wildman–Crippen LogP) is 5.25. The Balaban J connectivity index is 1.63. The van der Waals surface area contributed by atoms with Gasteiger partial charge in [-0.3, -0.25) is 0 Å². The van der Waals surface area contributed by atoms with Crippen molar-refractivity contribution >= 4 is 0 Å². The molecule has 1 heteroatoms. The van der Waals surface area contributed by atoms with E-state index in [1.807, 2.05) is 0 Å². The van der Waals surface area contributed by atoms with Gasteiger partial charge in [-0.1, -0.05) is 34.1 Å². The fraction of sp³-hybridized carbons (Fsp3) is 1.00. The van der Waals surface area contributed by atoms with Crippen LogP contribution >= 0.6 is 0 Å². The molecular weight excluding hydrogens is 254 g/mol. The molecule has 3 aliphatic rings. The first-order valence-electron chi connectivity index (χ1n) is 9.70. The Morgan fingerprint density at radius 3 is 2.29 bits per heavy atom. The summed E-state index contributed by atoms with van der Waals surface area (Å²) in [5.41, 5.74) is 0.504. The van der Waals surface area contributed by atoms with Crippen molar-refractivity contribution in [2.24, 2.45) is 35.0 Å². The molecule has 0 aromatic heterocycles. The summed E-state index contributed by atoms with van der Waals surface area (Å²) in [5, 5.41) is 3.82. The summed E-state index contributed by atoms with van der Waals surface area (Å²) in [4.78, 5) is 0. The zero-order chi connectivity index (χ0) is 15.0. The molecule has 2 bridgehead atoms. The minimum absolute atomic E-state index is 0.504. The first kappa shape index (κ1) is 15.8. The van der Waals surface area contributed by atoms with E-state index in [9.17, 15) is 0 Å². The predicted molar refractivity (Wildman–Crippen MR) is 91.3 cm³/mol. The van der Waals surface area contributed by atoms with Gasteiger partial charge in [0, 0.05) is 6.04 Å². The molecule has 3 fully saturated rings. The zero-order valence-corrected chi connectivity index (χ0v) is 14.8. The summed E-state index contributed by atoms with van der Waals surface area (Å²) in [6.45, 7) is 10.8. The molecule has 0 aromatic rings. The number of hydrogen-bond acceptors (Lipinski definition) is 1. The quantitative estimate of drug-likeness (QED) is 0.745. The number of hydrogen-bond donors (Lipinski definition) is 1. The van der Waals surface area contributed by atoms with Crippen LogP contribution in [0.3, 0.4) is 0 Å². The third kappa shape index (κ3) is 3.49. The van der Waals surface area contributed by atoms with Crippen molar-refractivity contribution in [3.05, 3.63) is 0 Å². The monoisotopic (exact) mass is 291 g/mol. The average Bonchev–Trinajstić information content (AvgIpc) is 3.02. The van der Waals surface area contributed by atoms with E-state index in [4.69, 9.17) is 0 Å². The van der Waals surface area contributed by atoms with Crippen molar-refractivity contribution in [3.8, 4) is 0 Å². The summed E-state index contributed by atoms with van der Waals surface area (Å²) >= 11 is 0. The van der Waals surface area contributed by atoms with Crippen LogP contribution in [0.15, 0.2) is 0 Å². The van der Waals surface area contributed by atoms with E-state index in [2.05, 4.69) is 33.0 Å². The van der Waals surface area contributed by atoms with E-state index >= 15 is 0 Å². The van der Waals surface area contributed by atoms with Crippen LogP contribution in [0.2, 0.25) is 0 Å². The molecule has 3 rings (SSSR count). The Morgan fingerprint density at radius 2 is 1.71 bits per heavy atom. The topological polar surface area (TPSA) is 12.0 Å². The summed E-state index contributed by atoms with van der Waals surface area (Å²) in [6.07, 6.45) is 12.1. The smallest absolute Gasteiger partial charge is 0.00955 e. The number of nitrogens with one attached hydrogen (secondary N) is 1. The lowest BCUT2D eigenvalue weighted by molar-refractivity contribution is 0.0931. The van der Waals surface area contributed by atoms with Crippen molar-refractivity contribution in [1.82, 2.24) is 5.32 Å². The molecule has 0 spiro atoms. The maximum Gasteiger partial charge on any atom is 0.00955 e. The van der Waals surface area contributed by atoms with E-state index in [0.29, 0.717) is 5.41 Å². The van der Waals surface area contributed by atoms with E-state index < -0.39 is 0 Å². The Bertz CT molecular complexity index is 342. The Labute approximate surface area is 132 Å². The minimum atomic E-state index is 0.504. The highest BCUT2D eigenvalue weighted by Gasteiger charge is 2.43. The molecule has 0 amide bonds. The van der Waals surface area contributed by atoms with Gasteiger partial charge in [-0.05, 0) is 86.5 Å². The van der Waals surface area contributed by atoms with Crippen LogP contribution in [-0.4, -0.2) is 12.6 Å². The summed E-state index contributed by atoms with van der Waals surface area (Å²) < 4.78 is 0. The fourth-order valence-corrected chi connectivity index (χ4v) is 5.90. The molecule has 3 saturated carbocycles. The van der Waals surface area contributed by atoms with Crippen molar-refractivity contribution in [2.75, 3.05) is 6.54 Å². The normalized spacial score (nSPS) is 43.4. The first-order valence-corrected chi connectivity index (χ1v) is 9.70. The van der Waals surface area contributed by atoms with E-state index in [1.165, 1.54) is 25.7 Å². The van der Waals surface area contributed by atoms with Crippen LogP contribution in [0, 0.1) is 35.0 Å². The van der Waals surface area contributed by atoms with Gasteiger partial charge in [0.2, 0.25) is 0 Å². The summed E-state index contributed by atoms with van der Waals surface area (Å²) in [7, 11) is 0. The summed E-state index contributed by atoms with van der Waals surface area (Å²) in [6, 6.07) is 0.813. The summed E-state index contributed by atoms with van der Waals surface area (Å²) in [5.74, 6) is 5.18. The van der Waals surface area contributed by atoms with E-state index in [1.54, 1.807) is 25.7 Å². The lowest BCUT2D eigenvalue weighted by Gasteiger charge is -2.43. The first-order chi connectivity index (χ1) is 9.97. The van der Waals surface area contributed by atoms with E-state index in [-0.39, 0.29) is 0 Å². The van der Waals surface area contributed by atoms with Gasteiger partial charge in [0.05, 0.1) is 0 Å². The molecular formula is C20H37N. The highest BCUT2D eigenvalue weighted by molar-refractivity contribution is 4.95. The molecule has 0 heterocycles. The second kappa shape index (κ2) is 6.22. The van der Waals surface area contributed by atoms with Crippen LogP contribution in [0.4, 0.5) is 0 Å². The van der Waals surface area contributed by atoms with Crippen molar-refractivity contribution in [1.29, 1.82) is 0 Å². The van der Waals surface area contributed by atoms with Gasteiger partial charge in [-0.15, -0.1) is 0 Å². The molecule has 1 N–H and O–H groups in total. The Morgan fingerprint density at radius 1 is 0.905 bits per heavy atom. The second-order valence-electron chi connectivity index (χ2n) is 9.47. The minimum Gasteiger partial charge on any atom is -0.314 e. The second-order valence-corrected chi connectivity index (χ2v) is 9.47. The van der Waals surface area contributed by atoms with Gasteiger partial charge in [-0.2, -0.15) is 0 Å². The third-order valence-electron chi connectivity index (χ3n) is 7.16. The maximum absolute atomic E-state index is 3.82. The molecule has 21 heavy (non-hydrogen) atoms. The SMILES string of the molecule is CCNC1CCC(C(C)(C)C)CC1CC1CC2CCC1C2. The van der Waals surface area contributed by atoms with Gasteiger partial charge in [0.25, 0.3) is 0 Å². The Hall–Kier alpha value is -0.0400. The van der Waals surface area contributed by atoms with Crippen LogP contribution in [0.1, 0.15) is 79.1 Å². The van der Waals surface area contributed by atoms with Crippen LogP contribution in [0.5, 0.6) is 0 Å². The Kier molecular flexibility index (Phi) is 4.69. The molecule has 0 aliphatic heterocycles. The standard InChI is InChI=1S/C20H37N/c1-5-21-19-9-8-18(20(2,3)4)13-17(19)12-16-11-14-6-7-15(16)10-14/h14-19,21H,5-13H2,1-4H3. The van der Waals surface area contributed by atoms with Crippen molar-refractivity contribution in [3.63, 3.8) is 0 Å². The molecule has 6 atom stereocenters. The van der Waals surface area contributed by atoms with Crippen LogP contribution in [0.25, 0.3) is 0 Å². The fourth-order valence-electron chi connectivity index (χ4n) is 5.90. The number of rotatable bonds is 4. The lowest BCUT2D eigenvalue weighted by Crippen LogP contribution is -2.43. The van der Waals surface area contributed by atoms with Gasteiger partial charge in [0.15, 0.2) is 0 Å². The van der Waals surface area contributed by atoms with Gasteiger partial charge in [-0.25, -0.2) is 0 Å². The lowest BCUT2D eigenvalue weighted by atomic mass is 9.65. The van der Waals surface area contributed by atoms with Crippen molar-refractivity contribution < 1.29 is 0 Å². The molecule has 3 aliphatic carbocycles. The van der Waals surface area contributed by atoms with Gasteiger partial charge >= 0.3 is 0 Å². The van der Waals surface area contributed by atoms with E-state index in [0.717, 1.165) is 42.2 Å². The molecule has 122 valence electrons. The zero-order valence-electron chi connectivity index (χ0n) is 14.8. The highest BCUT2D eigenvalue weighted by atomic mass is 14.9. The third-order valence-corrected chi connectivity index (χ3v) is 7.16. The van der Waals surface area contributed by atoms with Gasteiger partial charge in [0.1, 0.15) is 0 Å². The molecule has 0 radical (unpaired) electrons. The van der Waals surface area contributed by atoms with Crippen molar-refractivity contribution in [2.45, 2.75) is 85.1 Å². The highest BCUT2D eigenvalue weighted by Crippen LogP contribution is 2.52. The van der Waals surface area contributed by atoms with Crippen LogP contribution < -0.4 is 5.32 Å². The number of fused-ring (bicyclic) bond motifs is 2. The van der Waals surface area contributed by atoms with Crippen LogP contribution in [-0.2, 0) is 0 Å². The largest absolute Gasteiger partial charge is 0.314 e. The molecule has 0 saturated heterocycles. The average molecular weight is 292 g/mol. The molecule has 6 unspecified atom stereocenters. The maximum atomic E-state index is 3.82.